The molecule has 44 heavy (non-hydrogen) atoms. The van der Waals surface area contributed by atoms with E-state index in [2.05, 4.69) is 6.58 Å². The molecule has 0 aromatic heterocycles. The number of ketones is 1. The van der Waals surface area contributed by atoms with Crippen LogP contribution in [-0.4, -0.2) is 53.2 Å². The number of unbranched alkanes of at least 4 members (excludes halogenated alkanes) is 1. The summed E-state index contributed by atoms with van der Waals surface area (Å²) < 4.78 is 62.1. The largest absolute Gasteiger partial charge is 0.494 e. The van der Waals surface area contributed by atoms with Crippen LogP contribution in [0.2, 0.25) is 5.02 Å². The molecule has 1 N–H and O–H groups in total. The van der Waals surface area contributed by atoms with E-state index in [1.54, 1.807) is 24.3 Å². The highest BCUT2D eigenvalue weighted by atomic mass is 35.5. The SMILES string of the molecule is C=CCC(F)(F)C(O)(C(=O)N1CCC(CCCCOc2ccc(C(=O)CCC3CC(F)(F)C3)c(Cl)c2)CC1)c1ccccc1. The molecule has 4 rings (SSSR count). The standard InChI is InChI=1S/C34H40ClF4NO4/c1-2-17-33(38,39)34(43,26-9-4-3-5-10-26)31(42)40-18-15-24(16-19-40)8-6-7-20-44-27-12-13-28(29(35)21-27)30(41)14-11-25-22-32(36,37)23-25/h2-5,9-10,12-13,21,24-25,43H,1,6-8,11,14-20,22-23H2. The van der Waals surface area contributed by atoms with Gasteiger partial charge in [0.15, 0.2) is 5.78 Å². The third-order valence-electron chi connectivity index (χ3n) is 8.80. The van der Waals surface area contributed by atoms with Gasteiger partial charge in [0.05, 0.1) is 11.6 Å². The van der Waals surface area contributed by atoms with E-state index in [9.17, 15) is 23.5 Å². The summed E-state index contributed by atoms with van der Waals surface area (Å²) in [5, 5.41) is 11.5. The van der Waals surface area contributed by atoms with Gasteiger partial charge in [-0.1, -0.05) is 54.4 Å². The highest BCUT2D eigenvalue weighted by Crippen LogP contribution is 2.45. The maximum Gasteiger partial charge on any atom is 0.292 e. The number of rotatable bonds is 15. The fraction of sp³-hybridized carbons (Fsp3) is 0.529. The second-order valence-electron chi connectivity index (χ2n) is 12.1. The van der Waals surface area contributed by atoms with Gasteiger partial charge in [-0.05, 0) is 67.7 Å². The summed E-state index contributed by atoms with van der Waals surface area (Å²) in [7, 11) is 0. The Labute approximate surface area is 261 Å². The van der Waals surface area contributed by atoms with Gasteiger partial charge in [-0.25, -0.2) is 17.6 Å². The van der Waals surface area contributed by atoms with E-state index in [4.69, 9.17) is 16.3 Å². The lowest BCUT2D eigenvalue weighted by molar-refractivity contribution is -0.205. The molecule has 1 heterocycles. The van der Waals surface area contributed by atoms with E-state index < -0.39 is 29.8 Å². The third kappa shape index (κ3) is 8.02. The van der Waals surface area contributed by atoms with Crippen molar-refractivity contribution in [3.05, 3.63) is 77.3 Å². The van der Waals surface area contributed by atoms with Crippen molar-refractivity contribution in [2.75, 3.05) is 19.7 Å². The first-order valence-corrected chi connectivity index (χ1v) is 15.6. The predicted octanol–water partition coefficient (Wildman–Crippen LogP) is 8.24. The molecular weight excluding hydrogens is 598 g/mol. The summed E-state index contributed by atoms with van der Waals surface area (Å²) in [6.45, 7) is 4.38. The number of benzene rings is 2. The molecule has 2 aromatic rings. The topological polar surface area (TPSA) is 66.8 Å². The van der Waals surface area contributed by atoms with Crippen molar-refractivity contribution in [1.29, 1.82) is 0 Å². The number of aliphatic hydroxyl groups is 1. The molecule has 1 amide bonds. The first-order chi connectivity index (χ1) is 20.9. The lowest BCUT2D eigenvalue weighted by atomic mass is 9.78. The van der Waals surface area contributed by atoms with Crippen LogP contribution in [0.4, 0.5) is 17.6 Å². The zero-order chi connectivity index (χ0) is 32.0. The minimum Gasteiger partial charge on any atom is -0.494 e. The number of allylic oxidation sites excluding steroid dienone is 1. The average molecular weight is 638 g/mol. The quantitative estimate of drug-likeness (QED) is 0.0925. The molecule has 2 aromatic carbocycles. The van der Waals surface area contributed by atoms with Crippen LogP contribution in [0.15, 0.2) is 61.2 Å². The molecule has 2 aliphatic rings. The molecular formula is C34H40ClF4NO4. The van der Waals surface area contributed by atoms with Crippen LogP contribution >= 0.6 is 11.6 Å². The Balaban J connectivity index is 1.18. The number of piperidine rings is 1. The fourth-order valence-corrected chi connectivity index (χ4v) is 6.42. The van der Waals surface area contributed by atoms with Crippen molar-refractivity contribution in [1.82, 2.24) is 4.90 Å². The van der Waals surface area contributed by atoms with Gasteiger partial charge in [0.2, 0.25) is 11.5 Å². The van der Waals surface area contributed by atoms with E-state index in [0.717, 1.165) is 25.3 Å². The number of alkyl halides is 4. The molecule has 0 spiro atoms. The van der Waals surface area contributed by atoms with Crippen LogP contribution in [0.3, 0.4) is 0 Å². The molecule has 0 bridgehead atoms. The summed E-state index contributed by atoms with van der Waals surface area (Å²) >= 11 is 6.30. The average Bonchev–Trinajstić information content (AvgIpc) is 2.98. The van der Waals surface area contributed by atoms with E-state index in [-0.39, 0.29) is 54.6 Å². The molecule has 10 heteroatoms. The number of nitrogens with zero attached hydrogens (tertiary/aromatic N) is 1. The van der Waals surface area contributed by atoms with Crippen LogP contribution in [-0.2, 0) is 10.4 Å². The molecule has 2 fully saturated rings. The number of hydrogen-bond acceptors (Lipinski definition) is 4. The minimum atomic E-state index is -3.72. The molecule has 1 aliphatic carbocycles. The highest BCUT2D eigenvalue weighted by Gasteiger charge is 2.60. The molecule has 1 saturated heterocycles. The van der Waals surface area contributed by atoms with E-state index >= 15 is 8.78 Å². The lowest BCUT2D eigenvalue weighted by Gasteiger charge is -2.41. The van der Waals surface area contributed by atoms with Gasteiger partial charge >= 0.3 is 0 Å². The van der Waals surface area contributed by atoms with Gasteiger partial charge in [0, 0.05) is 44.3 Å². The smallest absolute Gasteiger partial charge is 0.292 e. The highest BCUT2D eigenvalue weighted by molar-refractivity contribution is 6.34. The summed E-state index contributed by atoms with van der Waals surface area (Å²) in [5.41, 5.74) is -2.75. The molecule has 1 unspecified atom stereocenters. The van der Waals surface area contributed by atoms with Gasteiger partial charge < -0.3 is 14.7 Å². The van der Waals surface area contributed by atoms with Gasteiger partial charge in [0.25, 0.3) is 11.8 Å². The number of hydrogen-bond donors (Lipinski definition) is 1. The summed E-state index contributed by atoms with van der Waals surface area (Å²) in [4.78, 5) is 27.2. The minimum absolute atomic E-state index is 0.120. The monoisotopic (exact) mass is 637 g/mol. The third-order valence-corrected chi connectivity index (χ3v) is 9.12. The van der Waals surface area contributed by atoms with Gasteiger partial charge in [0.1, 0.15) is 5.75 Å². The number of halogens is 5. The zero-order valence-corrected chi connectivity index (χ0v) is 25.5. The first-order valence-electron chi connectivity index (χ1n) is 15.3. The first kappa shape index (κ1) is 34.0. The Morgan fingerprint density at radius 1 is 1.05 bits per heavy atom. The van der Waals surface area contributed by atoms with Crippen molar-refractivity contribution >= 4 is 23.3 Å². The normalized spacial score (nSPS) is 18.7. The predicted molar refractivity (Wildman–Crippen MR) is 161 cm³/mol. The number of ether oxygens (including phenoxy) is 1. The van der Waals surface area contributed by atoms with E-state index in [1.807, 2.05) is 0 Å². The molecule has 240 valence electrons. The second-order valence-corrected chi connectivity index (χ2v) is 12.5. The fourth-order valence-electron chi connectivity index (χ4n) is 6.15. The Morgan fingerprint density at radius 2 is 1.73 bits per heavy atom. The number of likely N-dealkylation sites (tertiary alicyclic amines) is 1. The van der Waals surface area contributed by atoms with Crippen molar-refractivity contribution in [3.63, 3.8) is 0 Å². The molecule has 1 atom stereocenters. The summed E-state index contributed by atoms with van der Waals surface area (Å²) in [6, 6.07) is 12.2. The molecule has 5 nitrogen and oxygen atoms in total. The van der Waals surface area contributed by atoms with Gasteiger partial charge in [-0.15, -0.1) is 6.58 Å². The van der Waals surface area contributed by atoms with Crippen molar-refractivity contribution in [3.8, 4) is 5.75 Å². The summed E-state index contributed by atoms with van der Waals surface area (Å²) in [6.07, 6.45) is 4.31. The van der Waals surface area contributed by atoms with Crippen molar-refractivity contribution in [2.24, 2.45) is 11.8 Å². The Bertz CT molecular complexity index is 1290. The summed E-state index contributed by atoms with van der Waals surface area (Å²) in [5.74, 6) is -6.72. The lowest BCUT2D eigenvalue weighted by Crippen LogP contribution is -2.58. The Kier molecular flexibility index (Phi) is 11.2. The van der Waals surface area contributed by atoms with E-state index in [0.29, 0.717) is 43.1 Å². The number of carbonyl (C=O) groups is 2. The maximum atomic E-state index is 15.1. The Hall–Kier alpha value is -2.91. The van der Waals surface area contributed by atoms with Crippen LogP contribution in [0.25, 0.3) is 0 Å². The van der Waals surface area contributed by atoms with Crippen LogP contribution in [0, 0.1) is 11.8 Å². The second kappa shape index (κ2) is 14.5. The van der Waals surface area contributed by atoms with Gasteiger partial charge in [-0.2, -0.15) is 0 Å². The molecule has 0 radical (unpaired) electrons. The molecule has 1 aliphatic heterocycles. The van der Waals surface area contributed by atoms with Crippen LogP contribution in [0.5, 0.6) is 5.75 Å². The van der Waals surface area contributed by atoms with Crippen molar-refractivity contribution in [2.45, 2.75) is 81.7 Å². The number of carbonyl (C=O) groups excluding carboxylic acids is 2. The van der Waals surface area contributed by atoms with Crippen LogP contribution < -0.4 is 4.74 Å². The van der Waals surface area contributed by atoms with E-state index in [1.165, 1.54) is 29.2 Å². The van der Waals surface area contributed by atoms with Crippen molar-refractivity contribution < 1.29 is 37.0 Å². The number of Topliss-reactive ketones (excluding diaryl/α,β-unsaturated/α-hetero) is 1. The van der Waals surface area contributed by atoms with Crippen LogP contribution in [0.1, 0.15) is 80.1 Å². The maximum absolute atomic E-state index is 15.1. The number of amides is 1. The van der Waals surface area contributed by atoms with Gasteiger partial charge in [-0.3, -0.25) is 9.59 Å². The zero-order valence-electron chi connectivity index (χ0n) is 24.8. The Morgan fingerprint density at radius 3 is 2.34 bits per heavy atom. The molecule has 1 saturated carbocycles.